The fourth-order valence-electron chi connectivity index (χ4n) is 3.23. The summed E-state index contributed by atoms with van der Waals surface area (Å²) in [5.74, 6) is 0.809. The summed E-state index contributed by atoms with van der Waals surface area (Å²) in [5, 5.41) is 3.47. The number of likely N-dealkylation sites (tertiary alicyclic amines) is 1. The van der Waals surface area contributed by atoms with Gasteiger partial charge in [-0.3, -0.25) is 9.79 Å². The molecular formula is C19H31IN4O2. The Morgan fingerprint density at radius 1 is 1.27 bits per heavy atom. The van der Waals surface area contributed by atoms with E-state index in [4.69, 9.17) is 4.74 Å². The van der Waals surface area contributed by atoms with Crippen molar-refractivity contribution < 1.29 is 9.53 Å². The molecule has 0 unspecified atom stereocenters. The average Bonchev–Trinajstić information content (AvgIpc) is 2.63. The SMILES string of the molecule is CN=C(NCc1ccccc1CN(C)C)N1CCC(C(=O)OC)CC1.I. The van der Waals surface area contributed by atoms with Crippen LogP contribution in [0, 0.1) is 5.92 Å². The zero-order chi connectivity index (χ0) is 18.2. The van der Waals surface area contributed by atoms with Crippen molar-refractivity contribution in [3.05, 3.63) is 35.4 Å². The van der Waals surface area contributed by atoms with E-state index in [-0.39, 0.29) is 35.9 Å². The van der Waals surface area contributed by atoms with E-state index < -0.39 is 0 Å². The van der Waals surface area contributed by atoms with E-state index in [1.165, 1.54) is 18.2 Å². The van der Waals surface area contributed by atoms with Gasteiger partial charge in [-0.15, -0.1) is 24.0 Å². The van der Waals surface area contributed by atoms with Gasteiger partial charge in [0.05, 0.1) is 13.0 Å². The minimum Gasteiger partial charge on any atom is -0.469 e. The Kier molecular flexibility index (Phi) is 9.93. The number of methoxy groups -OCH3 is 1. The highest BCUT2D eigenvalue weighted by atomic mass is 127. The Morgan fingerprint density at radius 2 is 1.88 bits per heavy atom. The number of aliphatic imine (C=N–C) groups is 1. The predicted molar refractivity (Wildman–Crippen MR) is 116 cm³/mol. The van der Waals surface area contributed by atoms with Gasteiger partial charge in [0.2, 0.25) is 0 Å². The maximum atomic E-state index is 11.7. The quantitative estimate of drug-likeness (QED) is 0.307. The van der Waals surface area contributed by atoms with E-state index in [0.717, 1.165) is 45.0 Å². The van der Waals surface area contributed by atoms with E-state index in [0.29, 0.717) is 0 Å². The summed E-state index contributed by atoms with van der Waals surface area (Å²) in [4.78, 5) is 20.5. The first-order chi connectivity index (χ1) is 12.0. The molecule has 26 heavy (non-hydrogen) atoms. The molecule has 146 valence electrons. The van der Waals surface area contributed by atoms with Crippen LogP contribution in [0.2, 0.25) is 0 Å². The molecule has 0 amide bonds. The van der Waals surface area contributed by atoms with Crippen molar-refractivity contribution in [3.63, 3.8) is 0 Å². The molecular weight excluding hydrogens is 443 g/mol. The molecule has 0 aliphatic carbocycles. The topological polar surface area (TPSA) is 57.2 Å². The Bertz CT molecular complexity index is 599. The number of hydrogen-bond acceptors (Lipinski definition) is 4. The van der Waals surface area contributed by atoms with Crippen molar-refractivity contribution >= 4 is 35.9 Å². The van der Waals surface area contributed by atoms with E-state index in [1.54, 1.807) is 7.05 Å². The zero-order valence-corrected chi connectivity index (χ0v) is 18.5. The molecule has 0 bridgehead atoms. The zero-order valence-electron chi connectivity index (χ0n) is 16.2. The smallest absolute Gasteiger partial charge is 0.308 e. The molecule has 1 aliphatic rings. The first-order valence-electron chi connectivity index (χ1n) is 8.80. The van der Waals surface area contributed by atoms with Crippen LogP contribution in [0.5, 0.6) is 0 Å². The standard InChI is InChI=1S/C19H30N4O2.HI/c1-20-19(23-11-9-15(10-12-23)18(24)25-4)21-13-16-7-5-6-8-17(16)14-22(2)3;/h5-8,15H,9-14H2,1-4H3,(H,20,21);1H. The molecule has 1 saturated heterocycles. The Labute approximate surface area is 174 Å². The number of benzene rings is 1. The van der Waals surface area contributed by atoms with Crippen LogP contribution in [0.1, 0.15) is 24.0 Å². The Hall–Kier alpha value is -1.35. The van der Waals surface area contributed by atoms with Gasteiger partial charge in [0.1, 0.15) is 0 Å². The van der Waals surface area contributed by atoms with Crippen LogP contribution in [-0.4, -0.2) is 63.1 Å². The van der Waals surface area contributed by atoms with Crippen LogP contribution in [0.4, 0.5) is 0 Å². The van der Waals surface area contributed by atoms with Crippen LogP contribution >= 0.6 is 24.0 Å². The van der Waals surface area contributed by atoms with Crippen molar-refractivity contribution in [3.8, 4) is 0 Å². The molecule has 1 aromatic carbocycles. The van der Waals surface area contributed by atoms with Crippen molar-refractivity contribution in [2.24, 2.45) is 10.9 Å². The second-order valence-electron chi connectivity index (χ2n) is 6.69. The number of ether oxygens (including phenoxy) is 1. The number of nitrogens with zero attached hydrogens (tertiary/aromatic N) is 3. The fourth-order valence-corrected chi connectivity index (χ4v) is 3.23. The fraction of sp³-hybridized carbons (Fsp3) is 0.579. The molecule has 7 heteroatoms. The number of halogens is 1. The van der Waals surface area contributed by atoms with Crippen LogP contribution in [0.15, 0.2) is 29.3 Å². The minimum absolute atomic E-state index is 0. The Balaban J connectivity index is 0.00000338. The number of rotatable bonds is 5. The van der Waals surface area contributed by atoms with Crippen molar-refractivity contribution in [2.45, 2.75) is 25.9 Å². The number of carbonyl (C=O) groups excluding carboxylic acids is 1. The lowest BCUT2D eigenvalue weighted by Gasteiger charge is -2.33. The molecule has 2 rings (SSSR count). The van der Waals surface area contributed by atoms with Gasteiger partial charge in [-0.2, -0.15) is 0 Å². The monoisotopic (exact) mass is 474 g/mol. The number of piperidine rings is 1. The highest BCUT2D eigenvalue weighted by Crippen LogP contribution is 2.18. The lowest BCUT2D eigenvalue weighted by atomic mass is 9.97. The molecule has 0 radical (unpaired) electrons. The van der Waals surface area contributed by atoms with Gasteiger partial charge in [-0.1, -0.05) is 24.3 Å². The lowest BCUT2D eigenvalue weighted by Crippen LogP contribution is -2.46. The Morgan fingerprint density at radius 3 is 2.42 bits per heavy atom. The molecule has 0 spiro atoms. The van der Waals surface area contributed by atoms with Crippen LogP contribution in [-0.2, 0) is 22.6 Å². The normalized spacial score (nSPS) is 15.6. The first-order valence-corrected chi connectivity index (χ1v) is 8.80. The molecule has 0 aromatic heterocycles. The van der Waals surface area contributed by atoms with Crippen molar-refractivity contribution in [1.82, 2.24) is 15.1 Å². The maximum Gasteiger partial charge on any atom is 0.308 e. The summed E-state index contributed by atoms with van der Waals surface area (Å²) in [6, 6.07) is 8.47. The number of guanidine groups is 1. The third-order valence-corrected chi connectivity index (χ3v) is 4.58. The highest BCUT2D eigenvalue weighted by Gasteiger charge is 2.26. The van der Waals surface area contributed by atoms with Gasteiger partial charge < -0.3 is 19.9 Å². The first kappa shape index (κ1) is 22.7. The molecule has 0 atom stereocenters. The second kappa shape index (κ2) is 11.4. The lowest BCUT2D eigenvalue weighted by molar-refractivity contribution is -0.146. The van der Waals surface area contributed by atoms with Gasteiger partial charge in [-0.25, -0.2) is 0 Å². The summed E-state index contributed by atoms with van der Waals surface area (Å²) in [6.45, 7) is 3.30. The summed E-state index contributed by atoms with van der Waals surface area (Å²) in [7, 11) is 7.42. The van der Waals surface area contributed by atoms with Gasteiger partial charge in [0.25, 0.3) is 0 Å². The molecule has 1 heterocycles. The summed E-state index contributed by atoms with van der Waals surface area (Å²) in [6.07, 6.45) is 1.62. The highest BCUT2D eigenvalue weighted by molar-refractivity contribution is 14.0. The molecule has 6 nitrogen and oxygen atoms in total. The van der Waals surface area contributed by atoms with Crippen molar-refractivity contribution in [1.29, 1.82) is 0 Å². The number of carbonyl (C=O) groups is 1. The third-order valence-electron chi connectivity index (χ3n) is 4.58. The largest absolute Gasteiger partial charge is 0.469 e. The van der Waals surface area contributed by atoms with Crippen LogP contribution in [0.3, 0.4) is 0 Å². The summed E-state index contributed by atoms with van der Waals surface area (Å²) < 4.78 is 4.85. The summed E-state index contributed by atoms with van der Waals surface area (Å²) >= 11 is 0. The molecule has 1 fully saturated rings. The number of nitrogens with one attached hydrogen (secondary N) is 1. The number of hydrogen-bond donors (Lipinski definition) is 1. The van der Waals surface area contributed by atoms with Gasteiger partial charge in [-0.05, 0) is 38.1 Å². The molecule has 1 aromatic rings. The van der Waals surface area contributed by atoms with Crippen LogP contribution in [0.25, 0.3) is 0 Å². The maximum absolute atomic E-state index is 11.7. The minimum atomic E-state index is -0.0970. The summed E-state index contributed by atoms with van der Waals surface area (Å²) in [5.41, 5.74) is 2.60. The van der Waals surface area contributed by atoms with Crippen LogP contribution < -0.4 is 5.32 Å². The predicted octanol–water partition coefficient (Wildman–Crippen LogP) is 2.33. The van der Waals surface area contributed by atoms with Gasteiger partial charge in [0, 0.05) is 33.2 Å². The third kappa shape index (κ3) is 6.42. The molecule has 1 aliphatic heterocycles. The van der Waals surface area contributed by atoms with E-state index >= 15 is 0 Å². The average molecular weight is 474 g/mol. The van der Waals surface area contributed by atoms with Crippen molar-refractivity contribution in [2.75, 3.05) is 41.3 Å². The molecule has 1 N–H and O–H groups in total. The van der Waals surface area contributed by atoms with E-state index in [1.807, 2.05) is 0 Å². The van der Waals surface area contributed by atoms with Gasteiger partial charge in [0.15, 0.2) is 5.96 Å². The van der Waals surface area contributed by atoms with Gasteiger partial charge >= 0.3 is 5.97 Å². The van der Waals surface area contributed by atoms with E-state index in [9.17, 15) is 4.79 Å². The molecule has 0 saturated carbocycles. The number of esters is 1. The van der Waals surface area contributed by atoms with E-state index in [2.05, 4.69) is 58.5 Å². The second-order valence-corrected chi connectivity index (χ2v) is 6.69.